The zero-order chi connectivity index (χ0) is 15.4. The Balaban J connectivity index is 2.18. The number of aliphatic hydroxyl groups is 1. The lowest BCUT2D eigenvalue weighted by atomic mass is 9.75. The van der Waals surface area contributed by atoms with Gasteiger partial charge in [-0.15, -0.1) is 0 Å². The molecule has 1 aromatic carbocycles. The van der Waals surface area contributed by atoms with Crippen LogP contribution < -0.4 is 0 Å². The van der Waals surface area contributed by atoms with Crippen molar-refractivity contribution in [2.75, 3.05) is 0 Å². The second-order valence-electron chi connectivity index (χ2n) is 7.35. The Hall–Kier alpha value is -1.54. The van der Waals surface area contributed by atoms with E-state index >= 15 is 0 Å². The van der Waals surface area contributed by atoms with Crippen LogP contribution >= 0.6 is 0 Å². The fraction of sp³-hybridized carbons (Fsp3) is 0.474. The molecule has 0 fully saturated rings. The van der Waals surface area contributed by atoms with E-state index < -0.39 is 0 Å². The lowest BCUT2D eigenvalue weighted by Gasteiger charge is -2.34. The molecule has 1 aliphatic rings. The molecule has 3 rings (SSSR count). The summed E-state index contributed by atoms with van der Waals surface area (Å²) in [5.74, 6) is 0. The maximum Gasteiger partial charge on any atom is 0.0812 e. The number of hydrogen-bond acceptors (Lipinski definition) is 1. The van der Waals surface area contributed by atoms with E-state index in [4.69, 9.17) is 0 Å². The van der Waals surface area contributed by atoms with Gasteiger partial charge >= 0.3 is 0 Å². The van der Waals surface area contributed by atoms with Crippen LogP contribution in [-0.2, 0) is 6.42 Å². The number of hydrogen-bond donors (Lipinski definition) is 1. The standard InChI is InChI=1S/C19H25NO/c1-12-6-7-15(8-13(12)2)20-14(3)9-16-17(20)10-19(4,5)11-18(16)21/h6-9,18,21H,10-11H2,1-5H3. The van der Waals surface area contributed by atoms with Crippen molar-refractivity contribution < 1.29 is 5.11 Å². The van der Waals surface area contributed by atoms with E-state index in [1.807, 2.05) is 0 Å². The molecule has 1 aromatic heterocycles. The first-order valence-electron chi connectivity index (χ1n) is 7.75. The molecule has 0 bridgehead atoms. The summed E-state index contributed by atoms with van der Waals surface area (Å²) in [7, 11) is 0. The fourth-order valence-electron chi connectivity index (χ4n) is 3.57. The molecule has 0 aliphatic heterocycles. The summed E-state index contributed by atoms with van der Waals surface area (Å²) in [5, 5.41) is 10.5. The Morgan fingerprint density at radius 1 is 1.10 bits per heavy atom. The molecular formula is C19H25NO. The first kappa shape index (κ1) is 14.4. The molecule has 1 unspecified atom stereocenters. The Morgan fingerprint density at radius 3 is 2.48 bits per heavy atom. The van der Waals surface area contributed by atoms with Gasteiger partial charge in [-0.2, -0.15) is 0 Å². The van der Waals surface area contributed by atoms with Crippen molar-refractivity contribution in [3.8, 4) is 5.69 Å². The van der Waals surface area contributed by atoms with Crippen LogP contribution in [0.4, 0.5) is 0 Å². The van der Waals surface area contributed by atoms with Crippen molar-refractivity contribution in [2.45, 2.75) is 53.6 Å². The smallest absolute Gasteiger partial charge is 0.0812 e. The van der Waals surface area contributed by atoms with Crippen molar-refractivity contribution in [3.63, 3.8) is 0 Å². The third kappa shape index (κ3) is 2.42. The number of aromatic nitrogens is 1. The molecule has 21 heavy (non-hydrogen) atoms. The SMILES string of the molecule is Cc1ccc(-n2c(C)cc3c2CC(C)(C)CC3O)cc1C. The number of benzene rings is 1. The first-order chi connectivity index (χ1) is 9.78. The molecule has 0 radical (unpaired) electrons. The monoisotopic (exact) mass is 283 g/mol. The highest BCUT2D eigenvalue weighted by Gasteiger charge is 2.34. The van der Waals surface area contributed by atoms with Crippen molar-refractivity contribution in [2.24, 2.45) is 5.41 Å². The summed E-state index contributed by atoms with van der Waals surface area (Å²) in [5.41, 5.74) is 7.59. The molecule has 1 aliphatic carbocycles. The normalized spacial score (nSPS) is 20.4. The summed E-state index contributed by atoms with van der Waals surface area (Å²) < 4.78 is 2.33. The number of aliphatic hydroxyl groups excluding tert-OH is 1. The van der Waals surface area contributed by atoms with Gasteiger partial charge in [-0.3, -0.25) is 0 Å². The van der Waals surface area contributed by atoms with Gasteiger partial charge in [0.15, 0.2) is 0 Å². The minimum absolute atomic E-state index is 0.148. The van der Waals surface area contributed by atoms with Crippen molar-refractivity contribution in [3.05, 3.63) is 52.3 Å². The van der Waals surface area contributed by atoms with Crippen molar-refractivity contribution >= 4 is 0 Å². The van der Waals surface area contributed by atoms with Gasteiger partial charge in [0.2, 0.25) is 0 Å². The molecule has 112 valence electrons. The van der Waals surface area contributed by atoms with Gasteiger partial charge in [0.25, 0.3) is 0 Å². The highest BCUT2D eigenvalue weighted by Crippen LogP contribution is 2.42. The van der Waals surface area contributed by atoms with E-state index in [0.29, 0.717) is 0 Å². The Morgan fingerprint density at radius 2 is 1.81 bits per heavy atom. The molecule has 0 spiro atoms. The minimum Gasteiger partial charge on any atom is -0.388 e. The first-order valence-corrected chi connectivity index (χ1v) is 7.75. The lowest BCUT2D eigenvalue weighted by molar-refractivity contribution is 0.0987. The Bertz CT molecular complexity index is 694. The van der Waals surface area contributed by atoms with E-state index in [-0.39, 0.29) is 11.5 Å². The maximum absolute atomic E-state index is 10.5. The molecule has 2 nitrogen and oxygen atoms in total. The number of aryl methyl sites for hydroxylation is 3. The highest BCUT2D eigenvalue weighted by molar-refractivity contribution is 5.46. The fourth-order valence-corrected chi connectivity index (χ4v) is 3.57. The van der Waals surface area contributed by atoms with E-state index in [0.717, 1.165) is 18.4 Å². The quantitative estimate of drug-likeness (QED) is 0.824. The van der Waals surface area contributed by atoms with Crippen molar-refractivity contribution in [1.29, 1.82) is 0 Å². The van der Waals surface area contributed by atoms with E-state index in [9.17, 15) is 5.11 Å². The van der Waals surface area contributed by atoms with Crippen molar-refractivity contribution in [1.82, 2.24) is 4.57 Å². The second-order valence-corrected chi connectivity index (χ2v) is 7.35. The van der Waals surface area contributed by atoms with Crippen LogP contribution in [0.3, 0.4) is 0 Å². The van der Waals surface area contributed by atoms with Crippen LogP contribution in [0, 0.1) is 26.2 Å². The summed E-state index contributed by atoms with van der Waals surface area (Å²) >= 11 is 0. The molecule has 0 amide bonds. The van der Waals surface area contributed by atoms with Crippen LogP contribution in [0.2, 0.25) is 0 Å². The summed E-state index contributed by atoms with van der Waals surface area (Å²) in [6.07, 6.45) is 1.52. The van der Waals surface area contributed by atoms with Crippen LogP contribution in [0.15, 0.2) is 24.3 Å². The topological polar surface area (TPSA) is 25.2 Å². The van der Waals surface area contributed by atoms with E-state index in [1.54, 1.807) is 0 Å². The molecule has 0 saturated heterocycles. The minimum atomic E-state index is -0.338. The largest absolute Gasteiger partial charge is 0.388 e. The Labute approximate surface area is 127 Å². The predicted molar refractivity (Wildman–Crippen MR) is 87.0 cm³/mol. The highest BCUT2D eigenvalue weighted by atomic mass is 16.3. The maximum atomic E-state index is 10.5. The third-order valence-electron chi connectivity index (χ3n) is 4.82. The van der Waals surface area contributed by atoms with Gasteiger partial charge in [-0.1, -0.05) is 19.9 Å². The van der Waals surface area contributed by atoms with Gasteiger partial charge in [0, 0.05) is 22.6 Å². The molecule has 2 aromatic rings. The predicted octanol–water partition coefficient (Wildman–Crippen LogP) is 4.41. The number of rotatable bonds is 1. The molecule has 1 N–H and O–H groups in total. The van der Waals surface area contributed by atoms with Crippen LogP contribution in [0.1, 0.15) is 54.5 Å². The van der Waals surface area contributed by atoms with Crippen LogP contribution in [0.25, 0.3) is 5.69 Å². The van der Waals surface area contributed by atoms with E-state index in [1.165, 1.54) is 28.2 Å². The average Bonchev–Trinajstić information content (AvgIpc) is 2.68. The molecule has 2 heteroatoms. The molecule has 1 heterocycles. The molecular weight excluding hydrogens is 258 g/mol. The van der Waals surface area contributed by atoms with Gasteiger partial charge in [0.05, 0.1) is 6.10 Å². The zero-order valence-electron chi connectivity index (χ0n) is 13.7. The second kappa shape index (κ2) is 4.74. The van der Waals surface area contributed by atoms with Gasteiger partial charge in [-0.05, 0) is 68.4 Å². The van der Waals surface area contributed by atoms with E-state index in [2.05, 4.69) is 63.5 Å². The van der Waals surface area contributed by atoms with Crippen LogP contribution in [-0.4, -0.2) is 9.67 Å². The third-order valence-corrected chi connectivity index (χ3v) is 4.82. The summed E-state index contributed by atoms with van der Waals surface area (Å²) in [6, 6.07) is 8.77. The number of nitrogens with zero attached hydrogens (tertiary/aromatic N) is 1. The summed E-state index contributed by atoms with van der Waals surface area (Å²) in [4.78, 5) is 0. The number of fused-ring (bicyclic) bond motifs is 1. The molecule has 0 saturated carbocycles. The van der Waals surface area contributed by atoms with Gasteiger partial charge in [0.1, 0.15) is 0 Å². The van der Waals surface area contributed by atoms with Crippen LogP contribution in [0.5, 0.6) is 0 Å². The zero-order valence-corrected chi connectivity index (χ0v) is 13.7. The lowest BCUT2D eigenvalue weighted by Crippen LogP contribution is -2.26. The van der Waals surface area contributed by atoms with Gasteiger partial charge < -0.3 is 9.67 Å². The van der Waals surface area contributed by atoms with Gasteiger partial charge in [-0.25, -0.2) is 0 Å². The Kier molecular flexibility index (Phi) is 3.25. The molecule has 1 atom stereocenters. The summed E-state index contributed by atoms with van der Waals surface area (Å²) in [6.45, 7) is 10.9. The average molecular weight is 283 g/mol.